The van der Waals surface area contributed by atoms with E-state index in [0.717, 1.165) is 38.6 Å². The molecule has 168 valence electrons. The van der Waals surface area contributed by atoms with Crippen LogP contribution in [0, 0.1) is 0 Å². The number of imide groups is 1. The van der Waals surface area contributed by atoms with Crippen LogP contribution in [0.4, 0.5) is 0 Å². The number of hydrogen-bond donors (Lipinski definition) is 0. The first-order chi connectivity index (χ1) is 17.0. The van der Waals surface area contributed by atoms with Crippen LogP contribution in [-0.4, -0.2) is 41.5 Å². The third kappa shape index (κ3) is 2.36. The highest BCUT2D eigenvalue weighted by atomic mass is 16.6. The first-order valence-electron chi connectivity index (χ1n) is 11.3. The van der Waals surface area contributed by atoms with Gasteiger partial charge in [0.2, 0.25) is 0 Å². The molecular formula is C28H15NO6. The van der Waals surface area contributed by atoms with Gasteiger partial charge in [-0.05, 0) is 63.0 Å². The Kier molecular flexibility index (Phi) is 3.79. The van der Waals surface area contributed by atoms with Gasteiger partial charge in [0.25, 0.3) is 11.8 Å². The number of benzene rings is 5. The molecule has 0 bridgehead atoms. The minimum Gasteiger partial charge on any atom is -0.386 e. The zero-order chi connectivity index (χ0) is 24.0. The lowest BCUT2D eigenvalue weighted by Gasteiger charge is -2.28. The fourth-order valence-electron chi connectivity index (χ4n) is 5.70. The first-order valence-corrected chi connectivity index (χ1v) is 11.3. The van der Waals surface area contributed by atoms with Crippen molar-refractivity contribution in [3.05, 3.63) is 70.8 Å². The Bertz CT molecular complexity index is 1730. The Morgan fingerprint density at radius 3 is 1.49 bits per heavy atom. The van der Waals surface area contributed by atoms with Crippen LogP contribution in [0.5, 0.6) is 0 Å². The summed E-state index contributed by atoms with van der Waals surface area (Å²) in [5.74, 6) is -2.09. The van der Waals surface area contributed by atoms with Crippen LogP contribution < -0.4 is 0 Å². The van der Waals surface area contributed by atoms with E-state index in [2.05, 4.69) is 0 Å². The van der Waals surface area contributed by atoms with Crippen LogP contribution in [0.25, 0.3) is 43.1 Å². The van der Waals surface area contributed by atoms with Gasteiger partial charge in [-0.2, -0.15) is 0 Å². The number of hydrogen-bond acceptors (Lipinski definition) is 6. The maximum Gasteiger partial charge on any atom is 0.346 e. The maximum absolute atomic E-state index is 13.3. The van der Waals surface area contributed by atoms with Gasteiger partial charge in [0.15, 0.2) is 0 Å². The van der Waals surface area contributed by atoms with Crippen LogP contribution in [0.3, 0.4) is 0 Å². The highest BCUT2D eigenvalue weighted by Gasteiger charge is 2.35. The van der Waals surface area contributed by atoms with Crippen LogP contribution in [0.1, 0.15) is 54.3 Å². The highest BCUT2D eigenvalue weighted by molar-refractivity contribution is 6.40. The molecule has 5 aromatic rings. The molecule has 0 radical (unpaired) electrons. The number of aldehydes is 1. The topological polar surface area (TPSA) is 97.8 Å². The van der Waals surface area contributed by atoms with Gasteiger partial charge in [-0.1, -0.05) is 24.3 Å². The molecule has 2 aliphatic heterocycles. The molecular weight excluding hydrogens is 446 g/mol. The first kappa shape index (κ1) is 19.8. The molecule has 5 aromatic carbocycles. The van der Waals surface area contributed by atoms with Crippen molar-refractivity contribution in [1.29, 1.82) is 0 Å². The maximum atomic E-state index is 13.3. The Hall–Kier alpha value is -4.65. The van der Waals surface area contributed by atoms with Crippen LogP contribution in [0.2, 0.25) is 0 Å². The van der Waals surface area contributed by atoms with Crippen molar-refractivity contribution >= 4 is 73.1 Å². The van der Waals surface area contributed by atoms with Gasteiger partial charge in [-0.3, -0.25) is 14.5 Å². The molecule has 2 amide bonds. The number of amides is 2. The van der Waals surface area contributed by atoms with Crippen molar-refractivity contribution in [1.82, 2.24) is 4.90 Å². The molecule has 0 atom stereocenters. The molecule has 0 aliphatic carbocycles. The predicted octanol–water partition coefficient (Wildman–Crippen LogP) is 4.62. The number of unbranched alkanes of at least 4 members (excludes halogenated alkanes) is 1. The molecule has 7 rings (SSSR count). The van der Waals surface area contributed by atoms with Crippen LogP contribution >= 0.6 is 0 Å². The Morgan fingerprint density at radius 2 is 1.03 bits per heavy atom. The molecule has 0 spiro atoms. The molecule has 0 N–H and O–H groups in total. The van der Waals surface area contributed by atoms with E-state index >= 15 is 0 Å². The quantitative estimate of drug-likeness (QED) is 0.0737. The van der Waals surface area contributed by atoms with Gasteiger partial charge in [0.05, 0.1) is 11.1 Å². The Labute approximate surface area is 197 Å². The molecule has 7 heteroatoms. The van der Waals surface area contributed by atoms with Crippen molar-refractivity contribution < 1.29 is 28.7 Å². The second kappa shape index (κ2) is 6.70. The number of cyclic esters (lactones) is 2. The van der Waals surface area contributed by atoms with Gasteiger partial charge in [-0.25, -0.2) is 9.59 Å². The monoisotopic (exact) mass is 461 g/mol. The largest absolute Gasteiger partial charge is 0.386 e. The van der Waals surface area contributed by atoms with E-state index in [-0.39, 0.29) is 24.8 Å². The molecule has 0 saturated carbocycles. The molecule has 0 unspecified atom stereocenters. The zero-order valence-corrected chi connectivity index (χ0v) is 18.2. The number of esters is 2. The second-order valence-corrected chi connectivity index (χ2v) is 8.89. The Balaban J connectivity index is 1.60. The number of fused-ring (bicyclic) bond motifs is 2. The van der Waals surface area contributed by atoms with E-state index in [4.69, 9.17) is 4.74 Å². The third-order valence-corrected chi connectivity index (χ3v) is 7.18. The van der Waals surface area contributed by atoms with Crippen LogP contribution in [-0.2, 0) is 9.53 Å². The van der Waals surface area contributed by atoms with Gasteiger partial charge < -0.3 is 9.53 Å². The van der Waals surface area contributed by atoms with E-state index in [1.807, 2.05) is 24.3 Å². The normalized spacial score (nSPS) is 15.1. The highest BCUT2D eigenvalue weighted by Crippen LogP contribution is 2.45. The lowest BCUT2D eigenvalue weighted by molar-refractivity contribution is -0.108. The molecule has 0 fully saturated rings. The molecule has 7 nitrogen and oxygen atoms in total. The minimum absolute atomic E-state index is 0.179. The number of nitrogens with zero attached hydrogens (tertiary/aromatic N) is 1. The SMILES string of the molecule is O=CCCCN1C(=O)c2ccc3c4ccc5c6c(ccc(c7ccc(c2c37)C1=O)c64)C(=O)OC5=O. The van der Waals surface area contributed by atoms with Gasteiger partial charge in [0.1, 0.15) is 6.29 Å². The number of ether oxygens (including phenoxy) is 1. The average Bonchev–Trinajstić information content (AvgIpc) is 2.87. The van der Waals surface area contributed by atoms with Crippen molar-refractivity contribution in [2.24, 2.45) is 0 Å². The molecule has 35 heavy (non-hydrogen) atoms. The lowest BCUT2D eigenvalue weighted by atomic mass is 9.83. The van der Waals surface area contributed by atoms with E-state index in [9.17, 15) is 24.0 Å². The van der Waals surface area contributed by atoms with Crippen molar-refractivity contribution in [2.75, 3.05) is 6.54 Å². The summed E-state index contributed by atoms with van der Waals surface area (Å²) in [4.78, 5) is 63.4. The summed E-state index contributed by atoms with van der Waals surface area (Å²) in [6.07, 6.45) is 1.47. The van der Waals surface area contributed by atoms with Gasteiger partial charge in [-0.15, -0.1) is 0 Å². The molecule has 2 heterocycles. The average molecular weight is 461 g/mol. The molecule has 2 aliphatic rings. The van der Waals surface area contributed by atoms with E-state index in [0.29, 0.717) is 39.4 Å². The van der Waals surface area contributed by atoms with E-state index < -0.39 is 11.9 Å². The zero-order valence-electron chi connectivity index (χ0n) is 18.2. The summed E-state index contributed by atoms with van der Waals surface area (Å²) in [5, 5.41) is 6.07. The van der Waals surface area contributed by atoms with Gasteiger partial charge >= 0.3 is 11.9 Å². The minimum atomic E-state index is -0.673. The van der Waals surface area contributed by atoms with E-state index in [1.165, 1.54) is 4.90 Å². The number of rotatable bonds is 4. The van der Waals surface area contributed by atoms with Crippen molar-refractivity contribution in [3.63, 3.8) is 0 Å². The third-order valence-electron chi connectivity index (χ3n) is 7.18. The number of carbonyl (C=O) groups is 5. The number of carbonyl (C=O) groups excluding carboxylic acids is 5. The summed E-state index contributed by atoms with van der Waals surface area (Å²) in [7, 11) is 0. The molecule has 0 saturated heterocycles. The summed E-state index contributed by atoms with van der Waals surface area (Å²) in [5.41, 5.74) is 1.56. The summed E-state index contributed by atoms with van der Waals surface area (Å²) >= 11 is 0. The lowest BCUT2D eigenvalue weighted by Crippen LogP contribution is -2.40. The van der Waals surface area contributed by atoms with Gasteiger partial charge in [0, 0.05) is 34.9 Å². The summed E-state index contributed by atoms with van der Waals surface area (Å²) in [6.45, 7) is 0.179. The molecule has 0 aromatic heterocycles. The standard InChI is InChI=1S/C28H15NO6/c30-12-2-1-11-29-25(31)17-7-3-13-15-5-9-19-24-20(28(34)35-27(19)33)10-6-16(22(15)24)14-4-8-18(26(29)32)23(17)21(13)14/h3-10,12H,1-2,11H2. The fraction of sp³-hybridized carbons (Fsp3) is 0.107. The second-order valence-electron chi connectivity index (χ2n) is 8.89. The predicted molar refractivity (Wildman–Crippen MR) is 128 cm³/mol. The summed E-state index contributed by atoms with van der Waals surface area (Å²) in [6, 6.07) is 14.1. The fourth-order valence-corrected chi connectivity index (χ4v) is 5.70. The van der Waals surface area contributed by atoms with Crippen molar-refractivity contribution in [3.8, 4) is 0 Å². The van der Waals surface area contributed by atoms with E-state index in [1.54, 1.807) is 24.3 Å². The van der Waals surface area contributed by atoms with Crippen LogP contribution in [0.15, 0.2) is 48.5 Å². The summed E-state index contributed by atoms with van der Waals surface area (Å²) < 4.78 is 4.91. The Morgan fingerprint density at radius 1 is 0.600 bits per heavy atom. The smallest absolute Gasteiger partial charge is 0.346 e. The van der Waals surface area contributed by atoms with Crippen molar-refractivity contribution in [2.45, 2.75) is 12.8 Å².